The molecule has 0 bridgehead atoms. The van der Waals surface area contributed by atoms with Crippen molar-refractivity contribution in [1.82, 2.24) is 0 Å². The molecule has 0 aromatic heterocycles. The zero-order valence-electron chi connectivity index (χ0n) is 6.62. The predicted octanol–water partition coefficient (Wildman–Crippen LogP) is 2.27. The summed E-state index contributed by atoms with van der Waals surface area (Å²) in [6.07, 6.45) is 0. The Hall–Kier alpha value is 0.217. The van der Waals surface area contributed by atoms with Crippen molar-refractivity contribution in [2.75, 3.05) is 0 Å². The Bertz CT molecular complexity index is 51.3. The Balaban J connectivity index is 3.58. The van der Waals surface area contributed by atoms with Crippen molar-refractivity contribution in [3.8, 4) is 0 Å². The SMILES string of the molecule is [3H][Si](CC)(CC)CC. The van der Waals surface area contributed by atoms with Crippen LogP contribution in [-0.2, 0) is 0 Å². The monoisotopic (exact) mass is 118 g/mol. The molecule has 0 nitrogen and oxygen atoms in total. The third-order valence-electron chi connectivity index (χ3n) is 1.50. The van der Waals surface area contributed by atoms with E-state index in [1.807, 2.05) is 0 Å². The van der Waals surface area contributed by atoms with Crippen LogP contribution < -0.4 is 0 Å². The molecular formula is C6H16Si. The van der Waals surface area contributed by atoms with Gasteiger partial charge in [0.2, 0.25) is 0 Å². The number of hydrogen-bond acceptors (Lipinski definition) is 0. The van der Waals surface area contributed by atoms with Gasteiger partial charge in [-0.3, -0.25) is 0 Å². The van der Waals surface area contributed by atoms with Crippen molar-refractivity contribution in [3.63, 3.8) is 0 Å². The van der Waals surface area contributed by atoms with Gasteiger partial charge in [0.25, 0.3) is 0 Å². The summed E-state index contributed by atoms with van der Waals surface area (Å²) in [4.78, 5) is 0. The number of rotatable bonds is 3. The second kappa shape index (κ2) is 4.38. The van der Waals surface area contributed by atoms with E-state index in [2.05, 4.69) is 20.8 Å². The van der Waals surface area contributed by atoms with Crippen molar-refractivity contribution in [2.24, 2.45) is 0 Å². The minimum Gasteiger partial charge on any atom is -0.0680 e. The van der Waals surface area contributed by atoms with Gasteiger partial charge in [-0.05, 0) is 0 Å². The minimum atomic E-state index is -1.42. The highest BCUT2D eigenvalue weighted by Gasteiger charge is 1.98. The van der Waals surface area contributed by atoms with Gasteiger partial charge in [-0.1, -0.05) is 38.9 Å². The van der Waals surface area contributed by atoms with E-state index in [1.54, 1.807) is 0 Å². The van der Waals surface area contributed by atoms with E-state index in [1.165, 1.54) is 0 Å². The third kappa shape index (κ3) is 2.86. The fraction of sp³-hybridized carbons (Fsp3) is 1.00. The van der Waals surface area contributed by atoms with E-state index in [-0.39, 0.29) is 0 Å². The molecule has 0 rings (SSSR count). The maximum atomic E-state index is 7.81. The fourth-order valence-corrected chi connectivity index (χ4v) is 2.25. The van der Waals surface area contributed by atoms with Crippen molar-refractivity contribution < 1.29 is 0 Å². The molecule has 0 atom stereocenters. The van der Waals surface area contributed by atoms with Crippen LogP contribution in [-0.4, -0.2) is 9.96 Å². The minimum absolute atomic E-state index is 1.12. The summed E-state index contributed by atoms with van der Waals surface area (Å²) in [6.45, 7) is 6.44. The molecule has 1 heteroatoms. The maximum Gasteiger partial charge on any atom is 0.0359 e. The molecule has 0 saturated carbocycles. The summed E-state index contributed by atoms with van der Waals surface area (Å²) in [6, 6.07) is 3.38. The van der Waals surface area contributed by atoms with Crippen LogP contribution in [0.15, 0.2) is 0 Å². The van der Waals surface area contributed by atoms with Gasteiger partial charge in [-0.25, -0.2) is 0 Å². The molecule has 0 aliphatic rings. The van der Waals surface area contributed by atoms with E-state index in [0.29, 0.717) is 0 Å². The van der Waals surface area contributed by atoms with Crippen LogP contribution in [0.5, 0.6) is 0 Å². The lowest BCUT2D eigenvalue weighted by atomic mass is 10.9. The molecule has 0 aromatic rings. The van der Waals surface area contributed by atoms with Crippen LogP contribution in [0.25, 0.3) is 0 Å². The van der Waals surface area contributed by atoms with Gasteiger partial charge >= 0.3 is 0 Å². The van der Waals surface area contributed by atoms with Gasteiger partial charge in [0.1, 0.15) is 0 Å². The lowest BCUT2D eigenvalue weighted by molar-refractivity contribution is 1.24. The van der Waals surface area contributed by atoms with Crippen molar-refractivity contribution in [2.45, 2.75) is 38.9 Å². The molecule has 44 valence electrons. The zero-order valence-corrected chi connectivity index (χ0v) is 6.62. The first-order chi connectivity index (χ1) is 3.68. The Kier molecular flexibility index (Phi) is 3.35. The molecule has 0 fully saturated rings. The van der Waals surface area contributed by atoms with Crippen LogP contribution in [0.3, 0.4) is 0 Å². The molecular weight excluding hydrogens is 100 g/mol. The normalized spacial score (nSPS) is 13.9. The lowest BCUT2D eigenvalue weighted by Crippen LogP contribution is -2.04. The smallest absolute Gasteiger partial charge is 0.0359 e. The summed E-state index contributed by atoms with van der Waals surface area (Å²) in [5.41, 5.74) is 0. The molecule has 0 spiro atoms. The Labute approximate surface area is 49.8 Å². The quantitative estimate of drug-likeness (QED) is 0.499. The van der Waals surface area contributed by atoms with Gasteiger partial charge in [-0.15, -0.1) is 0 Å². The highest BCUT2D eigenvalue weighted by molar-refractivity contribution is 6.58. The molecule has 0 radical (unpaired) electrons. The molecule has 0 unspecified atom stereocenters. The summed E-state index contributed by atoms with van der Waals surface area (Å²) in [5, 5.41) is 0. The second-order valence-corrected chi connectivity index (χ2v) is 5.43. The molecule has 7 heavy (non-hydrogen) atoms. The predicted molar refractivity (Wildman–Crippen MR) is 38.6 cm³/mol. The Morgan fingerprint density at radius 1 is 1.14 bits per heavy atom. The first kappa shape index (κ1) is 5.36. The van der Waals surface area contributed by atoms with Gasteiger partial charge in [0.15, 0.2) is 0 Å². The molecule has 0 heterocycles. The zero-order chi connectivity index (χ0) is 6.62. The van der Waals surface area contributed by atoms with Crippen LogP contribution in [0, 0.1) is 0 Å². The van der Waals surface area contributed by atoms with Crippen LogP contribution in [0.1, 0.15) is 20.8 Å². The molecule has 0 aliphatic carbocycles. The van der Waals surface area contributed by atoms with Gasteiger partial charge in [-0.2, -0.15) is 0 Å². The first-order valence-corrected chi connectivity index (χ1v) is 5.30. The number of hydrogen-bond donors (Lipinski definition) is 0. The average molecular weight is 118 g/mol. The molecule has 0 saturated heterocycles. The maximum absolute atomic E-state index is 7.81. The Morgan fingerprint density at radius 2 is 1.43 bits per heavy atom. The Morgan fingerprint density at radius 3 is 1.43 bits per heavy atom. The van der Waals surface area contributed by atoms with Crippen molar-refractivity contribution in [3.05, 3.63) is 0 Å². The fourth-order valence-electron chi connectivity index (χ4n) is 0.750. The summed E-state index contributed by atoms with van der Waals surface area (Å²) < 4.78 is 7.81. The standard InChI is InChI=1S/C6H16Si/c1-4-7(5-2)6-3/h7H,4-6H2,1-3H3/i7T. The topological polar surface area (TPSA) is 0 Å². The van der Waals surface area contributed by atoms with E-state index < -0.39 is 8.73 Å². The van der Waals surface area contributed by atoms with Gasteiger partial charge in [0.05, 0.1) is 0 Å². The van der Waals surface area contributed by atoms with E-state index in [0.717, 1.165) is 18.1 Å². The summed E-state index contributed by atoms with van der Waals surface area (Å²) in [5.74, 6) is 0. The molecule has 0 aliphatic heterocycles. The van der Waals surface area contributed by atoms with Gasteiger partial charge < -0.3 is 0 Å². The summed E-state index contributed by atoms with van der Waals surface area (Å²) in [7, 11) is -1.42. The first-order valence-electron chi connectivity index (χ1n) is 3.68. The largest absolute Gasteiger partial charge is 0.0680 e. The second-order valence-electron chi connectivity index (χ2n) is 1.81. The van der Waals surface area contributed by atoms with Crippen molar-refractivity contribution in [1.29, 1.82) is 1.23 Å². The molecule has 0 aromatic carbocycles. The van der Waals surface area contributed by atoms with Crippen LogP contribution in [0.2, 0.25) is 18.1 Å². The van der Waals surface area contributed by atoms with E-state index in [4.69, 9.17) is 1.23 Å². The summed E-state index contributed by atoms with van der Waals surface area (Å²) >= 11 is 0. The third-order valence-corrected chi connectivity index (χ3v) is 4.50. The van der Waals surface area contributed by atoms with Crippen LogP contribution >= 0.6 is 0 Å². The van der Waals surface area contributed by atoms with E-state index in [9.17, 15) is 0 Å². The molecule has 0 amide bonds. The highest BCUT2D eigenvalue weighted by atomic mass is 28.3. The molecule has 0 N–H and O–H groups in total. The average Bonchev–Trinajstić information content (AvgIpc) is 1.87. The highest BCUT2D eigenvalue weighted by Crippen LogP contribution is 2.01. The van der Waals surface area contributed by atoms with E-state index >= 15 is 0 Å². The van der Waals surface area contributed by atoms with Gasteiger partial charge in [0, 0.05) is 9.96 Å². The lowest BCUT2D eigenvalue weighted by Gasteiger charge is -2.03. The van der Waals surface area contributed by atoms with Crippen molar-refractivity contribution >= 4 is 8.73 Å². The van der Waals surface area contributed by atoms with Crippen LogP contribution in [0.4, 0.5) is 0 Å².